The number of anilines is 3. The highest BCUT2D eigenvalue weighted by molar-refractivity contribution is 7.15. The number of hydrogen-bond acceptors (Lipinski definition) is 10. The molecule has 0 saturated carbocycles. The molecule has 2 aromatic heterocycles. The van der Waals surface area contributed by atoms with Crippen molar-refractivity contribution in [2.24, 2.45) is 0 Å². The molecular weight excluding hydrogens is 554 g/mol. The van der Waals surface area contributed by atoms with Crippen molar-refractivity contribution >= 4 is 44.8 Å². The summed E-state index contributed by atoms with van der Waals surface area (Å²) in [4.78, 5) is 26.0. The Morgan fingerprint density at radius 2 is 1.98 bits per heavy atom. The van der Waals surface area contributed by atoms with E-state index in [9.17, 15) is 13.6 Å². The lowest BCUT2D eigenvalue weighted by atomic mass is 10.0. The van der Waals surface area contributed by atoms with Gasteiger partial charge in [0.15, 0.2) is 28.3 Å². The molecule has 4 aromatic rings. The van der Waals surface area contributed by atoms with E-state index in [4.69, 9.17) is 14.6 Å². The maximum absolute atomic E-state index is 13.9. The molecule has 218 valence electrons. The fourth-order valence-electron chi connectivity index (χ4n) is 3.99. The van der Waals surface area contributed by atoms with Crippen LogP contribution in [0.5, 0.6) is 11.5 Å². The average molecular weight is 587 g/mol. The van der Waals surface area contributed by atoms with Gasteiger partial charge in [-0.3, -0.25) is 4.79 Å². The van der Waals surface area contributed by atoms with Crippen molar-refractivity contribution in [2.75, 3.05) is 37.5 Å². The lowest BCUT2D eigenvalue weighted by molar-refractivity contribution is -0.115. The van der Waals surface area contributed by atoms with E-state index in [1.54, 1.807) is 19.2 Å². The summed E-state index contributed by atoms with van der Waals surface area (Å²) in [5.41, 5.74) is 0.262. The molecule has 0 spiro atoms. The Balaban J connectivity index is 1.39. The van der Waals surface area contributed by atoms with Crippen LogP contribution in [0.4, 0.5) is 25.4 Å². The molecule has 2 aromatic carbocycles. The van der Waals surface area contributed by atoms with Crippen LogP contribution in [0.15, 0.2) is 42.9 Å². The van der Waals surface area contributed by atoms with Gasteiger partial charge in [0, 0.05) is 34.7 Å². The van der Waals surface area contributed by atoms with E-state index in [0.717, 1.165) is 19.0 Å². The van der Waals surface area contributed by atoms with Crippen molar-refractivity contribution in [3.63, 3.8) is 0 Å². The number of halogens is 2. The van der Waals surface area contributed by atoms with Crippen LogP contribution in [-0.4, -0.2) is 58.4 Å². The number of ether oxygens (including phenoxy) is 2. The summed E-state index contributed by atoms with van der Waals surface area (Å²) in [7, 11) is 1.55. The number of amides is 1. The number of fused-ring (bicyclic) bond motifs is 1. The molecule has 0 fully saturated rings. The number of benzene rings is 2. The minimum absolute atomic E-state index is 0.0667. The van der Waals surface area contributed by atoms with Gasteiger partial charge in [0.25, 0.3) is 0 Å². The van der Waals surface area contributed by atoms with E-state index in [1.165, 1.54) is 36.0 Å². The topological polar surface area (TPSA) is 131 Å². The van der Waals surface area contributed by atoms with Gasteiger partial charge < -0.3 is 30.5 Å². The van der Waals surface area contributed by atoms with Crippen LogP contribution < -0.4 is 25.4 Å². The molecular formula is C28H32F2N6O4S. The minimum atomic E-state index is -1.11. The zero-order valence-corrected chi connectivity index (χ0v) is 23.8. The second-order valence-corrected chi connectivity index (χ2v) is 10.9. The van der Waals surface area contributed by atoms with Crippen LogP contribution in [0.25, 0.3) is 10.9 Å². The van der Waals surface area contributed by atoms with Crippen LogP contribution in [0.1, 0.15) is 31.6 Å². The van der Waals surface area contributed by atoms with Gasteiger partial charge in [-0.25, -0.2) is 23.7 Å². The minimum Gasteiger partial charge on any atom is -0.493 e. The van der Waals surface area contributed by atoms with Crippen molar-refractivity contribution in [2.45, 2.75) is 38.6 Å². The third kappa shape index (κ3) is 8.06. The van der Waals surface area contributed by atoms with Crippen LogP contribution in [-0.2, 0) is 11.2 Å². The number of hydrogen-bond donors (Lipinski definition) is 4. The maximum Gasteiger partial charge on any atom is 0.229 e. The van der Waals surface area contributed by atoms with Crippen molar-refractivity contribution in [3.05, 3.63) is 59.4 Å². The highest BCUT2D eigenvalue weighted by Crippen LogP contribution is 2.35. The fourth-order valence-corrected chi connectivity index (χ4v) is 4.80. The SMILES string of the molecule is COc1cc2c(Nc3ncc(CC(=O)Nc4cccc(F)c4F)s3)ncnc2cc1OCCCNC(C)(C)CCO. The van der Waals surface area contributed by atoms with E-state index < -0.39 is 17.5 Å². The molecule has 0 atom stereocenters. The molecule has 0 saturated heterocycles. The van der Waals surface area contributed by atoms with E-state index in [1.807, 2.05) is 13.8 Å². The highest BCUT2D eigenvalue weighted by atomic mass is 32.1. The third-order valence-electron chi connectivity index (χ3n) is 6.18. The standard InChI is InChI=1S/C28H32F2N6O4S/c1-28(2,8-10-37)34-9-5-11-40-23-14-21-18(13-22(23)39-3)26(33-16-32-21)36-27-31-15-17(41-27)12-24(38)35-20-7-4-6-19(29)25(20)30/h4,6-7,13-16,34,37H,5,8-12H2,1-3H3,(H,35,38)(H,31,32,33,36). The van der Waals surface area contributed by atoms with E-state index in [0.29, 0.717) is 51.3 Å². The summed E-state index contributed by atoms with van der Waals surface area (Å²) < 4.78 is 38.8. The molecule has 0 aliphatic rings. The van der Waals surface area contributed by atoms with Gasteiger partial charge >= 0.3 is 0 Å². The van der Waals surface area contributed by atoms with Gasteiger partial charge in [0.1, 0.15) is 12.1 Å². The molecule has 13 heteroatoms. The number of carbonyl (C=O) groups is 1. The van der Waals surface area contributed by atoms with Gasteiger partial charge in [0.2, 0.25) is 5.91 Å². The smallest absolute Gasteiger partial charge is 0.229 e. The van der Waals surface area contributed by atoms with Crippen LogP contribution >= 0.6 is 11.3 Å². The first-order chi connectivity index (χ1) is 19.7. The zero-order valence-electron chi connectivity index (χ0n) is 23.0. The molecule has 1 amide bonds. The van der Waals surface area contributed by atoms with E-state index >= 15 is 0 Å². The van der Waals surface area contributed by atoms with Crippen LogP contribution in [0, 0.1) is 11.6 Å². The summed E-state index contributed by atoms with van der Waals surface area (Å²) in [5, 5.41) is 19.3. The Morgan fingerprint density at radius 1 is 1.15 bits per heavy atom. The summed E-state index contributed by atoms with van der Waals surface area (Å²) in [6.07, 6.45) is 4.31. The molecule has 41 heavy (non-hydrogen) atoms. The van der Waals surface area contributed by atoms with Gasteiger partial charge in [-0.15, -0.1) is 11.3 Å². The Hall–Kier alpha value is -3.94. The Bertz CT molecular complexity index is 1500. The molecule has 0 aliphatic heterocycles. The lowest BCUT2D eigenvalue weighted by Gasteiger charge is -2.25. The van der Waals surface area contributed by atoms with Gasteiger partial charge in [-0.05, 0) is 51.4 Å². The molecule has 0 unspecified atom stereocenters. The highest BCUT2D eigenvalue weighted by Gasteiger charge is 2.17. The Labute approximate surface area is 240 Å². The predicted octanol–water partition coefficient (Wildman–Crippen LogP) is 4.82. The first-order valence-corrected chi connectivity index (χ1v) is 13.8. The van der Waals surface area contributed by atoms with Gasteiger partial charge in [-0.1, -0.05) is 6.07 Å². The quantitative estimate of drug-likeness (QED) is 0.154. The Morgan fingerprint density at radius 3 is 2.76 bits per heavy atom. The summed E-state index contributed by atoms with van der Waals surface area (Å²) in [6.45, 7) is 5.41. The first kappa shape index (κ1) is 30.0. The summed E-state index contributed by atoms with van der Waals surface area (Å²) in [6, 6.07) is 7.16. The van der Waals surface area contributed by atoms with Crippen molar-refractivity contribution in [3.8, 4) is 11.5 Å². The van der Waals surface area contributed by atoms with Crippen LogP contribution in [0.2, 0.25) is 0 Å². The molecule has 2 heterocycles. The molecule has 0 aliphatic carbocycles. The van der Waals surface area contributed by atoms with Crippen molar-refractivity contribution in [1.29, 1.82) is 0 Å². The molecule has 4 N–H and O–H groups in total. The molecule has 4 rings (SSSR count). The fraction of sp³-hybridized carbons (Fsp3) is 0.357. The van der Waals surface area contributed by atoms with Crippen molar-refractivity contribution in [1.82, 2.24) is 20.3 Å². The Kier molecular flexibility index (Phi) is 9.97. The number of aromatic nitrogens is 3. The van der Waals surface area contributed by atoms with Crippen LogP contribution in [0.3, 0.4) is 0 Å². The van der Waals surface area contributed by atoms with Gasteiger partial charge in [0.05, 0.1) is 31.3 Å². The number of methoxy groups -OCH3 is 1. The third-order valence-corrected chi connectivity index (χ3v) is 7.09. The number of thiazole rings is 1. The summed E-state index contributed by atoms with van der Waals surface area (Å²) >= 11 is 1.23. The largest absolute Gasteiger partial charge is 0.493 e. The monoisotopic (exact) mass is 586 g/mol. The summed E-state index contributed by atoms with van der Waals surface area (Å²) in [5.74, 6) is -1.09. The number of rotatable bonds is 14. The number of nitrogens with zero attached hydrogens (tertiary/aromatic N) is 3. The maximum atomic E-state index is 13.9. The average Bonchev–Trinajstić information content (AvgIpc) is 3.37. The number of carbonyl (C=O) groups excluding carboxylic acids is 1. The first-order valence-electron chi connectivity index (χ1n) is 13.0. The molecule has 10 nitrogen and oxygen atoms in total. The number of nitrogens with one attached hydrogen (secondary N) is 3. The number of aliphatic hydroxyl groups is 1. The van der Waals surface area contributed by atoms with Gasteiger partial charge in [-0.2, -0.15) is 0 Å². The predicted molar refractivity (Wildman–Crippen MR) is 154 cm³/mol. The second-order valence-electron chi connectivity index (χ2n) is 9.81. The molecule has 0 radical (unpaired) electrons. The lowest BCUT2D eigenvalue weighted by Crippen LogP contribution is -2.40. The number of aliphatic hydroxyl groups excluding tert-OH is 1. The van der Waals surface area contributed by atoms with Crippen molar-refractivity contribution < 1.29 is 28.2 Å². The molecule has 0 bridgehead atoms. The van der Waals surface area contributed by atoms with E-state index in [2.05, 4.69) is 30.9 Å². The van der Waals surface area contributed by atoms with E-state index in [-0.39, 0.29) is 24.3 Å². The normalized spacial score (nSPS) is 11.5. The zero-order chi connectivity index (χ0) is 29.4. The second kappa shape index (κ2) is 13.6.